The van der Waals surface area contributed by atoms with Crippen molar-refractivity contribution in [2.75, 3.05) is 18.4 Å². The van der Waals surface area contributed by atoms with Gasteiger partial charge in [0.25, 0.3) is 0 Å². The summed E-state index contributed by atoms with van der Waals surface area (Å²) in [5.41, 5.74) is 2.92. The number of rotatable bonds is 7. The second-order valence-corrected chi connectivity index (χ2v) is 5.72. The van der Waals surface area contributed by atoms with Crippen molar-refractivity contribution < 1.29 is 9.18 Å². The molecular weight excluding hydrogens is 315 g/mol. The second-order valence-electron chi connectivity index (χ2n) is 5.32. The summed E-state index contributed by atoms with van der Waals surface area (Å²) in [4.78, 5) is 11.8. The number of nitrogens with one attached hydrogen (secondary N) is 2. The van der Waals surface area contributed by atoms with Gasteiger partial charge in [0, 0.05) is 30.2 Å². The molecule has 0 aromatic heterocycles. The SMILES string of the molecule is Cc1c(Cl)cccc1NCCC(=O)NCCc1ccc(F)cc1. The average Bonchev–Trinajstić information content (AvgIpc) is 2.53. The van der Waals surface area contributed by atoms with E-state index in [4.69, 9.17) is 11.6 Å². The van der Waals surface area contributed by atoms with Crippen molar-refractivity contribution in [1.82, 2.24) is 5.32 Å². The van der Waals surface area contributed by atoms with Gasteiger partial charge in [0.2, 0.25) is 5.91 Å². The smallest absolute Gasteiger partial charge is 0.221 e. The van der Waals surface area contributed by atoms with Crippen LogP contribution in [0.3, 0.4) is 0 Å². The Hall–Kier alpha value is -2.07. The Morgan fingerprint density at radius 1 is 1.13 bits per heavy atom. The van der Waals surface area contributed by atoms with Crippen LogP contribution in [0.4, 0.5) is 10.1 Å². The highest BCUT2D eigenvalue weighted by molar-refractivity contribution is 6.31. The van der Waals surface area contributed by atoms with Crippen molar-refractivity contribution in [2.24, 2.45) is 0 Å². The molecule has 0 saturated heterocycles. The fourth-order valence-corrected chi connectivity index (χ4v) is 2.37. The summed E-state index contributed by atoms with van der Waals surface area (Å²) < 4.78 is 12.8. The third kappa shape index (κ3) is 5.57. The predicted octanol–water partition coefficient (Wildman–Crippen LogP) is 3.95. The molecule has 23 heavy (non-hydrogen) atoms. The molecule has 0 spiro atoms. The van der Waals surface area contributed by atoms with Crippen molar-refractivity contribution in [2.45, 2.75) is 19.8 Å². The quantitative estimate of drug-likeness (QED) is 0.805. The monoisotopic (exact) mass is 334 g/mol. The second kappa shape index (κ2) is 8.53. The highest BCUT2D eigenvalue weighted by Crippen LogP contribution is 2.22. The molecule has 0 aliphatic rings. The summed E-state index contributed by atoms with van der Waals surface area (Å²) >= 11 is 6.05. The number of hydrogen-bond donors (Lipinski definition) is 2. The minimum Gasteiger partial charge on any atom is -0.384 e. The number of carbonyl (C=O) groups excluding carboxylic acids is 1. The highest BCUT2D eigenvalue weighted by Gasteiger charge is 2.04. The molecule has 122 valence electrons. The number of benzene rings is 2. The first kappa shape index (κ1) is 17.3. The van der Waals surface area contributed by atoms with E-state index in [-0.39, 0.29) is 11.7 Å². The molecule has 2 rings (SSSR count). The van der Waals surface area contributed by atoms with E-state index >= 15 is 0 Å². The third-order valence-corrected chi connectivity index (χ3v) is 3.99. The topological polar surface area (TPSA) is 41.1 Å². The first-order chi connectivity index (χ1) is 11.1. The van der Waals surface area contributed by atoms with Crippen molar-refractivity contribution >= 4 is 23.2 Å². The molecule has 2 aromatic rings. The van der Waals surface area contributed by atoms with Crippen LogP contribution in [0.15, 0.2) is 42.5 Å². The molecular formula is C18H20ClFN2O. The summed E-state index contributed by atoms with van der Waals surface area (Å²) in [7, 11) is 0. The van der Waals surface area contributed by atoms with Crippen LogP contribution in [0, 0.1) is 12.7 Å². The molecule has 0 saturated carbocycles. The first-order valence-electron chi connectivity index (χ1n) is 7.56. The van der Waals surface area contributed by atoms with Gasteiger partial charge in [0.15, 0.2) is 0 Å². The number of hydrogen-bond acceptors (Lipinski definition) is 2. The molecule has 0 aliphatic heterocycles. The summed E-state index contributed by atoms with van der Waals surface area (Å²) in [5.74, 6) is -0.264. The van der Waals surface area contributed by atoms with Gasteiger partial charge >= 0.3 is 0 Å². The number of carbonyl (C=O) groups is 1. The van der Waals surface area contributed by atoms with Crippen molar-refractivity contribution in [3.63, 3.8) is 0 Å². The zero-order valence-corrected chi connectivity index (χ0v) is 13.8. The van der Waals surface area contributed by atoms with E-state index in [1.807, 2.05) is 25.1 Å². The Bertz CT molecular complexity index is 659. The highest BCUT2D eigenvalue weighted by atomic mass is 35.5. The van der Waals surface area contributed by atoms with Gasteiger partial charge in [-0.05, 0) is 48.7 Å². The molecule has 0 fully saturated rings. The van der Waals surface area contributed by atoms with E-state index in [2.05, 4.69) is 10.6 Å². The Morgan fingerprint density at radius 3 is 2.61 bits per heavy atom. The third-order valence-electron chi connectivity index (χ3n) is 3.58. The standard InChI is InChI=1S/C18H20ClFN2O/c1-13-16(19)3-2-4-17(13)21-12-10-18(23)22-11-9-14-5-7-15(20)8-6-14/h2-8,21H,9-12H2,1H3,(H,22,23). The minimum atomic E-state index is -0.250. The summed E-state index contributed by atoms with van der Waals surface area (Å²) in [6.07, 6.45) is 1.07. The summed E-state index contributed by atoms with van der Waals surface area (Å²) in [6, 6.07) is 12.0. The van der Waals surface area contributed by atoms with E-state index in [1.54, 1.807) is 12.1 Å². The lowest BCUT2D eigenvalue weighted by Gasteiger charge is -2.10. The van der Waals surface area contributed by atoms with Gasteiger partial charge in [-0.25, -0.2) is 4.39 Å². The van der Waals surface area contributed by atoms with Crippen LogP contribution in [0.25, 0.3) is 0 Å². The Morgan fingerprint density at radius 2 is 1.87 bits per heavy atom. The van der Waals surface area contributed by atoms with Crippen LogP contribution in [-0.4, -0.2) is 19.0 Å². The van der Waals surface area contributed by atoms with E-state index in [0.717, 1.165) is 16.8 Å². The lowest BCUT2D eigenvalue weighted by Crippen LogP contribution is -2.27. The zero-order chi connectivity index (χ0) is 16.7. The van der Waals surface area contributed by atoms with Crippen LogP contribution in [0.2, 0.25) is 5.02 Å². The molecule has 2 aromatic carbocycles. The molecule has 0 unspecified atom stereocenters. The Balaban J connectivity index is 1.67. The maximum Gasteiger partial charge on any atom is 0.221 e. The number of halogens is 2. The van der Waals surface area contributed by atoms with Crippen molar-refractivity contribution in [3.8, 4) is 0 Å². The molecule has 2 N–H and O–H groups in total. The fourth-order valence-electron chi connectivity index (χ4n) is 2.20. The van der Waals surface area contributed by atoms with E-state index < -0.39 is 0 Å². The Labute approximate surface area is 140 Å². The zero-order valence-electron chi connectivity index (χ0n) is 13.0. The maximum absolute atomic E-state index is 12.8. The van der Waals surface area contributed by atoms with Crippen molar-refractivity contribution in [1.29, 1.82) is 0 Å². The van der Waals surface area contributed by atoms with Crippen LogP contribution in [0.1, 0.15) is 17.5 Å². The molecule has 5 heteroatoms. The van der Waals surface area contributed by atoms with Gasteiger partial charge in [-0.15, -0.1) is 0 Å². The molecule has 0 aliphatic carbocycles. The maximum atomic E-state index is 12.8. The van der Waals surface area contributed by atoms with Gasteiger partial charge in [0.05, 0.1) is 0 Å². The van der Waals surface area contributed by atoms with Crippen LogP contribution in [0.5, 0.6) is 0 Å². The van der Waals surface area contributed by atoms with Gasteiger partial charge < -0.3 is 10.6 Å². The molecule has 3 nitrogen and oxygen atoms in total. The fraction of sp³-hybridized carbons (Fsp3) is 0.278. The Kier molecular flexibility index (Phi) is 6.41. The van der Waals surface area contributed by atoms with Gasteiger partial charge in [-0.3, -0.25) is 4.79 Å². The lowest BCUT2D eigenvalue weighted by atomic mass is 10.1. The number of amides is 1. The van der Waals surface area contributed by atoms with Gasteiger partial charge in [0.1, 0.15) is 5.82 Å². The average molecular weight is 335 g/mol. The molecule has 1 amide bonds. The summed E-state index contributed by atoms with van der Waals surface area (Å²) in [6.45, 7) is 3.03. The van der Waals surface area contributed by atoms with Gasteiger partial charge in [-0.1, -0.05) is 29.8 Å². The van der Waals surface area contributed by atoms with Gasteiger partial charge in [-0.2, -0.15) is 0 Å². The van der Waals surface area contributed by atoms with Crippen LogP contribution in [-0.2, 0) is 11.2 Å². The summed E-state index contributed by atoms with van der Waals surface area (Å²) in [5, 5.41) is 6.78. The van der Waals surface area contributed by atoms with E-state index in [0.29, 0.717) is 31.0 Å². The van der Waals surface area contributed by atoms with E-state index in [1.165, 1.54) is 12.1 Å². The van der Waals surface area contributed by atoms with Crippen LogP contribution < -0.4 is 10.6 Å². The number of anilines is 1. The minimum absolute atomic E-state index is 0.0145. The van der Waals surface area contributed by atoms with E-state index in [9.17, 15) is 9.18 Å². The first-order valence-corrected chi connectivity index (χ1v) is 7.94. The molecule has 0 radical (unpaired) electrons. The molecule has 0 atom stereocenters. The predicted molar refractivity (Wildman–Crippen MR) is 92.4 cm³/mol. The largest absolute Gasteiger partial charge is 0.384 e. The van der Waals surface area contributed by atoms with Crippen LogP contribution >= 0.6 is 11.6 Å². The molecule has 0 bridgehead atoms. The molecule has 0 heterocycles. The van der Waals surface area contributed by atoms with Crippen molar-refractivity contribution in [3.05, 3.63) is 64.4 Å². The lowest BCUT2D eigenvalue weighted by molar-refractivity contribution is -0.120. The normalized spacial score (nSPS) is 10.4.